The molecule has 0 aliphatic heterocycles. The van der Waals surface area contributed by atoms with Gasteiger partial charge in [0.1, 0.15) is 12.4 Å². The highest BCUT2D eigenvalue weighted by atomic mass is 35.5. The van der Waals surface area contributed by atoms with Crippen molar-refractivity contribution < 1.29 is 28.2 Å². The molecule has 0 radical (unpaired) electrons. The lowest BCUT2D eigenvalue weighted by molar-refractivity contribution is -0.147. The minimum Gasteiger partial charge on any atom is -0.479 e. The summed E-state index contributed by atoms with van der Waals surface area (Å²) >= 11 is 7.61. The Morgan fingerprint density at radius 1 is 0.976 bits per heavy atom. The molecule has 0 saturated heterocycles. The number of hydrogen-bond acceptors (Lipinski definition) is 7. The minimum atomic E-state index is -0.616. The Morgan fingerprint density at radius 2 is 1.68 bits per heavy atom. The molecule has 9 heteroatoms. The van der Waals surface area contributed by atoms with Crippen LogP contribution >= 0.6 is 23.5 Å². The van der Waals surface area contributed by atoms with E-state index in [4.69, 9.17) is 25.8 Å². The molecule has 0 N–H and O–H groups in total. The second kappa shape index (κ2) is 14.4. The Hall–Kier alpha value is -4.27. The Bertz CT molecular complexity index is 1520. The largest absolute Gasteiger partial charge is 0.479 e. The smallest absolute Gasteiger partial charge is 0.344 e. The predicted octanol–water partition coefficient (Wildman–Crippen LogP) is 7.75. The molecule has 6 nitrogen and oxygen atoms in total. The van der Waals surface area contributed by atoms with Gasteiger partial charge in [-0.05, 0) is 52.9 Å². The highest BCUT2D eigenvalue weighted by molar-refractivity contribution is 8.00. The molecule has 0 aliphatic carbocycles. The third-order valence-electron chi connectivity index (χ3n) is 5.83. The van der Waals surface area contributed by atoms with Crippen molar-refractivity contribution in [3.8, 4) is 16.9 Å². The van der Waals surface area contributed by atoms with Gasteiger partial charge in [0, 0.05) is 6.54 Å². The molecule has 210 valence electrons. The first kappa shape index (κ1) is 29.7. The zero-order valence-corrected chi connectivity index (χ0v) is 23.8. The first-order chi connectivity index (χ1) is 19.9. The summed E-state index contributed by atoms with van der Waals surface area (Å²) in [7, 11) is 1.25. The van der Waals surface area contributed by atoms with Crippen LogP contribution < -0.4 is 9.04 Å². The quantitative estimate of drug-likeness (QED) is 0.0947. The van der Waals surface area contributed by atoms with Crippen LogP contribution in [0.3, 0.4) is 0 Å². The van der Waals surface area contributed by atoms with Crippen LogP contribution in [0.5, 0.6) is 5.75 Å². The van der Waals surface area contributed by atoms with Crippen molar-refractivity contribution in [3.63, 3.8) is 0 Å². The third-order valence-corrected chi connectivity index (χ3v) is 7.18. The average molecular weight is 592 g/mol. The maximum Gasteiger partial charge on any atom is 0.344 e. The van der Waals surface area contributed by atoms with Crippen LogP contribution in [0, 0.1) is 5.82 Å². The van der Waals surface area contributed by atoms with E-state index in [0.29, 0.717) is 4.90 Å². The monoisotopic (exact) mass is 591 g/mol. The van der Waals surface area contributed by atoms with Crippen LogP contribution in [0.4, 0.5) is 10.1 Å². The van der Waals surface area contributed by atoms with Crippen molar-refractivity contribution in [2.45, 2.75) is 11.5 Å². The molecule has 0 aromatic heterocycles. The lowest BCUT2D eigenvalue weighted by Crippen LogP contribution is -2.18. The zero-order valence-electron chi connectivity index (χ0n) is 22.2. The van der Waals surface area contributed by atoms with Gasteiger partial charge in [-0.2, -0.15) is 0 Å². The Labute approximate surface area is 247 Å². The van der Waals surface area contributed by atoms with Gasteiger partial charge in [0.2, 0.25) is 0 Å². The van der Waals surface area contributed by atoms with Crippen molar-refractivity contribution in [2.75, 3.05) is 24.6 Å². The molecule has 0 spiro atoms. The van der Waals surface area contributed by atoms with E-state index < -0.39 is 24.4 Å². The number of halogens is 2. The van der Waals surface area contributed by atoms with E-state index >= 15 is 4.39 Å². The molecular weight excluding hydrogens is 565 g/mol. The van der Waals surface area contributed by atoms with E-state index in [-0.39, 0.29) is 35.2 Å². The molecule has 4 aromatic rings. The number of nitrogens with zero attached hydrogens (tertiary/aromatic N) is 1. The van der Waals surface area contributed by atoms with Gasteiger partial charge in [-0.3, -0.25) is 0 Å². The fraction of sp³-hybridized carbons (Fsp3) is 0.125. The molecule has 4 aromatic carbocycles. The molecule has 0 heterocycles. The van der Waals surface area contributed by atoms with E-state index in [1.165, 1.54) is 25.3 Å². The third kappa shape index (κ3) is 7.90. The maximum absolute atomic E-state index is 15.2. The lowest BCUT2D eigenvalue weighted by Gasteiger charge is -2.25. The van der Waals surface area contributed by atoms with Crippen LogP contribution in [0.1, 0.15) is 15.9 Å². The van der Waals surface area contributed by atoms with Crippen LogP contribution in [-0.4, -0.2) is 32.2 Å². The van der Waals surface area contributed by atoms with Gasteiger partial charge in [-0.15, -0.1) is 6.58 Å². The SMILES string of the molecule is C=CCN(Sc1cc(C(=O)OC)cc(Cl)c1OCC(=O)OCc1ccccc1)c1cc(-c2ccccc2)ccc1F. The Kier molecular flexibility index (Phi) is 10.4. The van der Waals surface area contributed by atoms with Crippen molar-refractivity contribution in [1.29, 1.82) is 0 Å². The van der Waals surface area contributed by atoms with Crippen molar-refractivity contribution in [2.24, 2.45) is 0 Å². The fourth-order valence-electron chi connectivity index (χ4n) is 3.86. The molecule has 0 atom stereocenters. The van der Waals surface area contributed by atoms with E-state index in [2.05, 4.69) is 6.58 Å². The number of hydrogen-bond donors (Lipinski definition) is 0. The average Bonchev–Trinajstić information content (AvgIpc) is 3.00. The molecule has 0 aliphatic rings. The number of carbonyl (C=O) groups excluding carboxylic acids is 2. The van der Waals surface area contributed by atoms with Gasteiger partial charge in [0.25, 0.3) is 0 Å². The van der Waals surface area contributed by atoms with E-state index in [1.807, 2.05) is 60.7 Å². The predicted molar refractivity (Wildman–Crippen MR) is 160 cm³/mol. The zero-order chi connectivity index (χ0) is 29.2. The van der Waals surface area contributed by atoms with Gasteiger partial charge < -0.3 is 18.5 Å². The first-order valence-corrected chi connectivity index (χ1v) is 13.7. The van der Waals surface area contributed by atoms with Gasteiger partial charge in [0.15, 0.2) is 12.4 Å². The molecule has 4 rings (SSSR count). The van der Waals surface area contributed by atoms with Crippen molar-refractivity contribution >= 4 is 41.2 Å². The topological polar surface area (TPSA) is 65.1 Å². The summed E-state index contributed by atoms with van der Waals surface area (Å²) in [5, 5.41) is 0.0725. The number of anilines is 1. The van der Waals surface area contributed by atoms with Crippen LogP contribution in [-0.2, 0) is 20.9 Å². The summed E-state index contributed by atoms with van der Waals surface area (Å²) in [5.41, 5.74) is 3.01. The minimum absolute atomic E-state index is 0.0725. The summed E-state index contributed by atoms with van der Waals surface area (Å²) in [6.07, 6.45) is 1.62. The first-order valence-electron chi connectivity index (χ1n) is 12.5. The number of esters is 2. The molecule has 0 amide bonds. The van der Waals surface area contributed by atoms with Crippen LogP contribution in [0.25, 0.3) is 11.1 Å². The fourth-order valence-corrected chi connectivity index (χ4v) is 5.27. The highest BCUT2D eigenvalue weighted by Crippen LogP contribution is 2.42. The van der Waals surface area contributed by atoms with Crippen LogP contribution in [0.2, 0.25) is 5.02 Å². The van der Waals surface area contributed by atoms with E-state index in [1.54, 1.807) is 22.5 Å². The van der Waals surface area contributed by atoms with Crippen molar-refractivity contribution in [3.05, 3.63) is 126 Å². The summed E-state index contributed by atoms with van der Waals surface area (Å²) in [6.45, 7) is 3.70. The summed E-state index contributed by atoms with van der Waals surface area (Å²) < 4.78 is 32.8. The summed E-state index contributed by atoms with van der Waals surface area (Å²) in [5.74, 6) is -1.55. The molecule has 0 saturated carbocycles. The second-order valence-electron chi connectivity index (χ2n) is 8.69. The second-order valence-corrected chi connectivity index (χ2v) is 10.2. The lowest BCUT2D eigenvalue weighted by atomic mass is 10.1. The van der Waals surface area contributed by atoms with Gasteiger partial charge in [-0.25, -0.2) is 14.0 Å². The molecule has 41 heavy (non-hydrogen) atoms. The Balaban J connectivity index is 1.63. The van der Waals surface area contributed by atoms with Gasteiger partial charge in [-0.1, -0.05) is 84.4 Å². The number of carbonyl (C=O) groups is 2. The van der Waals surface area contributed by atoms with E-state index in [9.17, 15) is 9.59 Å². The Morgan fingerprint density at radius 3 is 2.37 bits per heavy atom. The van der Waals surface area contributed by atoms with Gasteiger partial charge in [0.05, 0.1) is 28.3 Å². The maximum atomic E-state index is 15.2. The van der Waals surface area contributed by atoms with Gasteiger partial charge >= 0.3 is 11.9 Å². The number of benzene rings is 4. The van der Waals surface area contributed by atoms with Crippen molar-refractivity contribution in [1.82, 2.24) is 0 Å². The number of ether oxygens (including phenoxy) is 3. The molecule has 0 unspecified atom stereocenters. The number of methoxy groups -OCH3 is 1. The molecule has 0 bridgehead atoms. The van der Waals surface area contributed by atoms with Crippen LogP contribution in [0.15, 0.2) is 109 Å². The summed E-state index contributed by atoms with van der Waals surface area (Å²) in [6, 6.07) is 26.6. The highest BCUT2D eigenvalue weighted by Gasteiger charge is 2.22. The van der Waals surface area contributed by atoms with E-state index in [0.717, 1.165) is 28.6 Å². The molecular formula is C32H27ClFNO5S. The summed E-state index contributed by atoms with van der Waals surface area (Å²) in [4.78, 5) is 25.2. The standard InChI is InChI=1S/C32H27ClFNO5S/c1-3-16-35(28-18-24(14-15-27(28)34)23-12-8-5-9-13-23)41-29-19-25(32(37)38-2)17-26(33)31(29)40-21-30(36)39-20-22-10-6-4-7-11-22/h3-15,17-19H,1,16,20-21H2,2H3. The number of rotatable bonds is 12. The normalized spacial score (nSPS) is 10.5. The molecule has 0 fully saturated rings.